The minimum absolute atomic E-state index is 0.00276. The van der Waals surface area contributed by atoms with Crippen LogP contribution in [-0.2, 0) is 25.7 Å². The molecule has 8 heteroatoms. The van der Waals surface area contributed by atoms with E-state index in [-0.39, 0.29) is 13.0 Å². The quantitative estimate of drug-likeness (QED) is 0.270. The van der Waals surface area contributed by atoms with Crippen LogP contribution in [0, 0.1) is 0 Å². The number of ether oxygens (including phenoxy) is 2. The number of aromatic nitrogens is 1. The van der Waals surface area contributed by atoms with Crippen molar-refractivity contribution in [2.45, 2.75) is 46.3 Å². The van der Waals surface area contributed by atoms with Crippen LogP contribution >= 0.6 is 0 Å². The monoisotopic (exact) mass is 321 g/mol. The molecule has 0 aliphatic carbocycles. The van der Waals surface area contributed by atoms with Gasteiger partial charge < -0.3 is 15.0 Å². The highest BCUT2D eigenvalue weighted by Gasteiger charge is 2.30. The first-order valence-electron chi connectivity index (χ1n) is 7.01. The van der Waals surface area contributed by atoms with E-state index in [1.807, 2.05) is 0 Å². The maximum absolute atomic E-state index is 12.0. The molecule has 0 aliphatic heterocycles. The minimum atomic E-state index is -1.06. The molecule has 0 radical (unpaired) electrons. The van der Waals surface area contributed by atoms with E-state index in [1.165, 1.54) is 17.7 Å². The van der Waals surface area contributed by atoms with Crippen LogP contribution in [-0.4, -0.2) is 38.5 Å². The van der Waals surface area contributed by atoms with Gasteiger partial charge in [0, 0.05) is 12.6 Å². The van der Waals surface area contributed by atoms with Crippen LogP contribution in [0.15, 0.2) is 18.3 Å². The van der Waals surface area contributed by atoms with Gasteiger partial charge in [-0.25, -0.2) is 9.59 Å². The molecule has 0 unspecified atom stereocenters. The van der Waals surface area contributed by atoms with Crippen molar-refractivity contribution in [3.05, 3.63) is 29.6 Å². The lowest BCUT2D eigenvalue weighted by Gasteiger charge is -2.20. The first-order valence-corrected chi connectivity index (χ1v) is 7.01. The zero-order valence-electron chi connectivity index (χ0n) is 13.5. The van der Waals surface area contributed by atoms with Crippen LogP contribution < -0.4 is 0 Å². The summed E-state index contributed by atoms with van der Waals surface area (Å²) in [5.41, 5.74) is 7.72. The Bertz CT molecular complexity index is 663. The topological polar surface area (TPSA) is 111 Å². The lowest BCUT2D eigenvalue weighted by atomic mass is 10.2. The number of esters is 1. The molecule has 124 valence electrons. The second kappa shape index (κ2) is 7.51. The summed E-state index contributed by atoms with van der Waals surface area (Å²) in [5.74, 6) is -1.70. The zero-order valence-corrected chi connectivity index (χ0v) is 13.5. The highest BCUT2D eigenvalue weighted by Crippen LogP contribution is 2.12. The lowest BCUT2D eigenvalue weighted by Crippen LogP contribution is -2.29. The molecule has 0 aromatic carbocycles. The number of ketones is 1. The molecule has 8 nitrogen and oxygen atoms in total. The second-order valence-corrected chi connectivity index (χ2v) is 5.65. The van der Waals surface area contributed by atoms with Crippen LogP contribution in [0.1, 0.15) is 39.8 Å². The average Bonchev–Trinajstić information content (AvgIpc) is 2.92. The Kier molecular flexibility index (Phi) is 5.98. The number of nitrogens with zero attached hydrogens (tertiary/aromatic N) is 3. The van der Waals surface area contributed by atoms with Gasteiger partial charge in [0.25, 0.3) is 5.78 Å². The number of carbonyl (C=O) groups is 3. The first kappa shape index (κ1) is 18.3. The van der Waals surface area contributed by atoms with Crippen molar-refractivity contribution in [2.24, 2.45) is 0 Å². The Hall–Kier alpha value is -2.73. The molecule has 0 spiro atoms. The van der Waals surface area contributed by atoms with E-state index in [2.05, 4.69) is 4.79 Å². The summed E-state index contributed by atoms with van der Waals surface area (Å²) in [4.78, 5) is 37.8. The van der Waals surface area contributed by atoms with Crippen LogP contribution in [0.2, 0.25) is 0 Å². The fourth-order valence-electron chi connectivity index (χ4n) is 1.61. The van der Waals surface area contributed by atoms with Crippen LogP contribution in [0.5, 0.6) is 0 Å². The molecule has 0 N–H and O–H groups in total. The third kappa shape index (κ3) is 5.19. The maximum Gasteiger partial charge on any atom is 0.441 e. The molecule has 1 rings (SSSR count). The molecule has 1 heterocycles. The predicted octanol–water partition coefficient (Wildman–Crippen LogP) is 1.96. The van der Waals surface area contributed by atoms with Crippen molar-refractivity contribution in [1.29, 1.82) is 0 Å². The number of hydrogen-bond acceptors (Lipinski definition) is 5. The fourth-order valence-corrected chi connectivity index (χ4v) is 1.61. The number of Topliss-reactive ketones (excluding diaryl/α,β-unsaturated/α-hetero) is 1. The van der Waals surface area contributed by atoms with Gasteiger partial charge in [-0.3, -0.25) is 9.36 Å². The maximum atomic E-state index is 12.0. The molecule has 1 aromatic heterocycles. The van der Waals surface area contributed by atoms with Crippen LogP contribution in [0.25, 0.3) is 5.53 Å². The van der Waals surface area contributed by atoms with Gasteiger partial charge in [0.1, 0.15) is 12.2 Å². The highest BCUT2D eigenvalue weighted by molar-refractivity contribution is 6.62. The summed E-state index contributed by atoms with van der Waals surface area (Å²) in [6, 6.07) is 3.15. The SMILES string of the molecule is CCC(=O)C(=[N+]=[N-])C(=O)OCc1cccn1C(=O)OC(C)(C)C. The molecule has 0 saturated heterocycles. The summed E-state index contributed by atoms with van der Waals surface area (Å²) >= 11 is 0. The van der Waals surface area contributed by atoms with Crippen LogP contribution in [0.3, 0.4) is 0 Å². The van der Waals surface area contributed by atoms with Gasteiger partial charge in [-0.2, -0.15) is 4.79 Å². The standard InChI is InChI=1S/C15H19N3O5/c1-5-11(19)12(17-16)13(20)22-9-10-7-6-8-18(10)14(21)23-15(2,3)4/h6-8H,5,9H2,1-4H3. The van der Waals surface area contributed by atoms with Gasteiger partial charge in [0.2, 0.25) is 0 Å². The van der Waals surface area contributed by atoms with Crippen molar-refractivity contribution < 1.29 is 28.6 Å². The normalized spacial score (nSPS) is 10.6. The average molecular weight is 321 g/mol. The molecule has 0 fully saturated rings. The zero-order chi connectivity index (χ0) is 17.6. The molecule has 23 heavy (non-hydrogen) atoms. The largest absolute Gasteiger partial charge is 0.450 e. The first-order chi connectivity index (χ1) is 10.7. The Labute approximate surface area is 133 Å². The number of hydrogen-bond donors (Lipinski definition) is 0. The Morgan fingerprint density at radius 2 is 1.96 bits per heavy atom. The smallest absolute Gasteiger partial charge is 0.441 e. The van der Waals surface area contributed by atoms with Crippen LogP contribution in [0.4, 0.5) is 4.79 Å². The molecular formula is C15H19N3O5. The lowest BCUT2D eigenvalue weighted by molar-refractivity contribution is -0.143. The van der Waals surface area contributed by atoms with Gasteiger partial charge in [0.05, 0.1) is 5.69 Å². The summed E-state index contributed by atoms with van der Waals surface area (Å²) in [7, 11) is 0. The van der Waals surface area contributed by atoms with Crippen molar-refractivity contribution in [3.8, 4) is 0 Å². The summed E-state index contributed by atoms with van der Waals surface area (Å²) in [6.07, 6.45) is 0.854. The Morgan fingerprint density at radius 3 is 2.48 bits per heavy atom. The van der Waals surface area contributed by atoms with E-state index >= 15 is 0 Å². The molecule has 1 aromatic rings. The molecule has 0 amide bonds. The number of carbonyl (C=O) groups excluding carboxylic acids is 3. The Balaban J connectivity index is 2.79. The van der Waals surface area contributed by atoms with E-state index in [0.717, 1.165) is 0 Å². The van der Waals surface area contributed by atoms with E-state index in [0.29, 0.717) is 5.69 Å². The van der Waals surface area contributed by atoms with Gasteiger partial charge in [-0.1, -0.05) is 6.92 Å². The van der Waals surface area contributed by atoms with Crippen molar-refractivity contribution in [1.82, 2.24) is 4.57 Å². The molecular weight excluding hydrogens is 302 g/mol. The van der Waals surface area contributed by atoms with Crippen molar-refractivity contribution in [3.63, 3.8) is 0 Å². The summed E-state index contributed by atoms with van der Waals surface area (Å²) < 4.78 is 11.3. The van der Waals surface area contributed by atoms with Gasteiger partial charge in [-0.05, 0) is 32.9 Å². The predicted molar refractivity (Wildman–Crippen MR) is 79.8 cm³/mol. The molecule has 0 saturated carbocycles. The van der Waals surface area contributed by atoms with E-state index < -0.39 is 29.2 Å². The number of rotatable bonds is 5. The van der Waals surface area contributed by atoms with E-state index in [4.69, 9.17) is 15.0 Å². The van der Waals surface area contributed by atoms with Crippen molar-refractivity contribution in [2.75, 3.05) is 0 Å². The highest BCUT2D eigenvalue weighted by atomic mass is 16.6. The van der Waals surface area contributed by atoms with Crippen molar-refractivity contribution >= 4 is 23.6 Å². The van der Waals surface area contributed by atoms with Gasteiger partial charge in [0.15, 0.2) is 0 Å². The molecule has 0 atom stereocenters. The fraction of sp³-hybridized carbons (Fsp3) is 0.467. The summed E-state index contributed by atoms with van der Waals surface area (Å²) in [6.45, 7) is 6.44. The third-order valence-electron chi connectivity index (χ3n) is 2.65. The van der Waals surface area contributed by atoms with E-state index in [1.54, 1.807) is 32.9 Å². The molecule has 0 bridgehead atoms. The Morgan fingerprint density at radius 1 is 1.30 bits per heavy atom. The second-order valence-electron chi connectivity index (χ2n) is 5.65. The molecule has 0 aliphatic rings. The third-order valence-corrected chi connectivity index (χ3v) is 2.65. The summed E-state index contributed by atoms with van der Waals surface area (Å²) in [5, 5.41) is 0. The van der Waals surface area contributed by atoms with E-state index in [9.17, 15) is 14.4 Å². The van der Waals surface area contributed by atoms with Gasteiger partial charge >= 0.3 is 17.8 Å². The minimum Gasteiger partial charge on any atom is -0.450 e. The van der Waals surface area contributed by atoms with Gasteiger partial charge in [-0.15, -0.1) is 0 Å².